The molecule has 1 aromatic heterocycles. The summed E-state index contributed by atoms with van der Waals surface area (Å²) in [5, 5.41) is 3.34. The number of rotatable bonds is 4. The normalized spacial score (nSPS) is 15.8. The predicted octanol–water partition coefficient (Wildman–Crippen LogP) is 2.86. The van der Waals surface area contributed by atoms with E-state index in [1.165, 1.54) is 7.11 Å². The maximum atomic E-state index is 11.6. The Morgan fingerprint density at radius 2 is 2.08 bits per heavy atom. The topological polar surface area (TPSA) is 67.1 Å². The number of hydrogen-bond acceptors (Lipinski definition) is 4. The molecule has 2 rings (SSSR count). The number of nitrogens with zero attached hydrogens (tertiary/aromatic N) is 2. The third-order valence-corrected chi connectivity index (χ3v) is 4.21. The second kappa shape index (κ2) is 9.90. The van der Waals surface area contributed by atoms with Crippen LogP contribution in [0.15, 0.2) is 15.5 Å². The average Bonchev–Trinajstić information content (AvgIpc) is 2.88. The largest absolute Gasteiger partial charge is 0.469 e. The number of halogens is 1. The first-order chi connectivity index (χ1) is 11.0. The van der Waals surface area contributed by atoms with E-state index in [0.717, 1.165) is 55.5 Å². The third kappa shape index (κ3) is 5.39. The number of likely N-dealkylation sites (tertiary alicyclic amines) is 1. The van der Waals surface area contributed by atoms with Crippen molar-refractivity contribution in [2.45, 2.75) is 40.2 Å². The minimum Gasteiger partial charge on any atom is -0.469 e. The van der Waals surface area contributed by atoms with Crippen LogP contribution in [-0.2, 0) is 16.1 Å². The van der Waals surface area contributed by atoms with Gasteiger partial charge in [0.25, 0.3) is 0 Å². The van der Waals surface area contributed by atoms with E-state index >= 15 is 0 Å². The Hall–Kier alpha value is -1.25. The Morgan fingerprint density at radius 1 is 1.42 bits per heavy atom. The number of methoxy groups -OCH3 is 1. The Morgan fingerprint density at radius 3 is 2.58 bits per heavy atom. The number of hydrogen-bond donors (Lipinski definition) is 1. The van der Waals surface area contributed by atoms with Gasteiger partial charge in [-0.25, -0.2) is 4.99 Å². The molecule has 0 spiro atoms. The van der Waals surface area contributed by atoms with E-state index in [2.05, 4.69) is 17.1 Å². The van der Waals surface area contributed by atoms with Crippen LogP contribution in [0.1, 0.15) is 36.8 Å². The number of nitrogens with one attached hydrogen (secondary N) is 1. The first-order valence-electron chi connectivity index (χ1n) is 8.22. The first kappa shape index (κ1) is 20.8. The Kier molecular flexibility index (Phi) is 8.58. The van der Waals surface area contributed by atoms with Crippen LogP contribution in [0.2, 0.25) is 0 Å². The highest BCUT2D eigenvalue weighted by atomic mass is 127. The van der Waals surface area contributed by atoms with E-state index in [9.17, 15) is 4.79 Å². The molecule has 6 nitrogen and oxygen atoms in total. The Labute approximate surface area is 161 Å². The smallest absolute Gasteiger partial charge is 0.308 e. The molecule has 1 aliphatic heterocycles. The number of guanidine groups is 1. The fourth-order valence-corrected chi connectivity index (χ4v) is 2.92. The van der Waals surface area contributed by atoms with Crippen LogP contribution >= 0.6 is 24.0 Å². The molecule has 1 fully saturated rings. The van der Waals surface area contributed by atoms with Gasteiger partial charge in [-0.1, -0.05) is 0 Å². The summed E-state index contributed by atoms with van der Waals surface area (Å²) in [6, 6.07) is 2.03. The highest BCUT2D eigenvalue weighted by Crippen LogP contribution is 2.19. The van der Waals surface area contributed by atoms with Crippen molar-refractivity contribution >= 4 is 35.9 Å². The molecule has 0 radical (unpaired) electrons. The lowest BCUT2D eigenvalue weighted by molar-refractivity contribution is -0.146. The van der Waals surface area contributed by atoms with Crippen LogP contribution in [0.3, 0.4) is 0 Å². The van der Waals surface area contributed by atoms with Crippen molar-refractivity contribution in [1.29, 1.82) is 0 Å². The molecule has 0 aromatic carbocycles. The monoisotopic (exact) mass is 449 g/mol. The Bertz CT molecular complexity index is 563. The van der Waals surface area contributed by atoms with Crippen molar-refractivity contribution < 1.29 is 13.9 Å². The van der Waals surface area contributed by atoms with Crippen LogP contribution in [0.4, 0.5) is 0 Å². The van der Waals surface area contributed by atoms with Crippen molar-refractivity contribution in [2.24, 2.45) is 10.9 Å². The summed E-state index contributed by atoms with van der Waals surface area (Å²) in [5.74, 6) is 2.64. The minimum atomic E-state index is -0.101. The van der Waals surface area contributed by atoms with E-state index in [1.54, 1.807) is 0 Å². The van der Waals surface area contributed by atoms with Crippen molar-refractivity contribution in [2.75, 3.05) is 26.7 Å². The van der Waals surface area contributed by atoms with E-state index in [-0.39, 0.29) is 35.9 Å². The highest BCUT2D eigenvalue weighted by Gasteiger charge is 2.26. The summed E-state index contributed by atoms with van der Waals surface area (Å²) in [6.07, 6.45) is 1.61. The number of esters is 1. The van der Waals surface area contributed by atoms with Gasteiger partial charge in [0.2, 0.25) is 0 Å². The molecule has 0 saturated carbocycles. The summed E-state index contributed by atoms with van der Waals surface area (Å²) in [4.78, 5) is 18.6. The van der Waals surface area contributed by atoms with Crippen LogP contribution in [0.5, 0.6) is 0 Å². The molecular formula is C17H28IN3O3. The second-order valence-corrected chi connectivity index (χ2v) is 5.89. The van der Waals surface area contributed by atoms with Crippen LogP contribution in [0, 0.1) is 19.8 Å². The first-order valence-corrected chi connectivity index (χ1v) is 8.22. The van der Waals surface area contributed by atoms with E-state index in [1.807, 2.05) is 19.9 Å². The van der Waals surface area contributed by atoms with Gasteiger partial charge in [-0.3, -0.25) is 4.79 Å². The molecular weight excluding hydrogens is 421 g/mol. The van der Waals surface area contributed by atoms with E-state index in [0.29, 0.717) is 6.54 Å². The van der Waals surface area contributed by atoms with Gasteiger partial charge in [0.1, 0.15) is 11.5 Å². The number of piperidine rings is 1. The molecule has 1 N–H and O–H groups in total. The average molecular weight is 449 g/mol. The zero-order valence-electron chi connectivity index (χ0n) is 14.9. The van der Waals surface area contributed by atoms with Gasteiger partial charge < -0.3 is 19.4 Å². The standard InChI is InChI=1S/C17H27N3O3.HI/c1-5-18-17(19-11-15-10-12(2)23-13(15)3)20-8-6-14(7-9-20)16(21)22-4;/h10,14H,5-9,11H2,1-4H3,(H,18,19);1H. The number of carbonyl (C=O) groups excluding carboxylic acids is 1. The molecule has 1 aliphatic rings. The zero-order valence-corrected chi connectivity index (χ0v) is 17.3. The summed E-state index contributed by atoms with van der Waals surface area (Å²) < 4.78 is 10.4. The highest BCUT2D eigenvalue weighted by molar-refractivity contribution is 14.0. The number of aliphatic imine (C=N–C) groups is 1. The lowest BCUT2D eigenvalue weighted by Crippen LogP contribution is -2.46. The lowest BCUT2D eigenvalue weighted by Gasteiger charge is -2.33. The fourth-order valence-electron chi connectivity index (χ4n) is 2.92. The molecule has 1 saturated heterocycles. The van der Waals surface area contributed by atoms with Crippen LogP contribution < -0.4 is 5.32 Å². The summed E-state index contributed by atoms with van der Waals surface area (Å²) in [6.45, 7) is 9.02. The van der Waals surface area contributed by atoms with Crippen molar-refractivity contribution in [3.8, 4) is 0 Å². The van der Waals surface area contributed by atoms with Gasteiger partial charge in [0, 0.05) is 25.2 Å². The lowest BCUT2D eigenvalue weighted by atomic mass is 9.97. The molecule has 7 heteroatoms. The molecule has 1 aromatic rings. The van der Waals surface area contributed by atoms with Crippen molar-refractivity contribution in [3.05, 3.63) is 23.2 Å². The maximum Gasteiger partial charge on any atom is 0.308 e. The minimum absolute atomic E-state index is 0. The number of carbonyl (C=O) groups is 1. The van der Waals surface area contributed by atoms with Crippen LogP contribution in [-0.4, -0.2) is 43.6 Å². The molecule has 2 heterocycles. The van der Waals surface area contributed by atoms with Gasteiger partial charge in [0.15, 0.2) is 5.96 Å². The number of aryl methyl sites for hydroxylation is 2. The molecule has 0 bridgehead atoms. The van der Waals surface area contributed by atoms with Gasteiger partial charge >= 0.3 is 5.97 Å². The SMILES string of the molecule is CCNC(=NCc1cc(C)oc1C)N1CCC(C(=O)OC)CC1.I. The molecule has 136 valence electrons. The molecule has 24 heavy (non-hydrogen) atoms. The molecule has 0 amide bonds. The molecule has 0 unspecified atom stereocenters. The van der Waals surface area contributed by atoms with Gasteiger partial charge in [0.05, 0.1) is 19.6 Å². The van der Waals surface area contributed by atoms with Crippen molar-refractivity contribution in [1.82, 2.24) is 10.2 Å². The Balaban J connectivity index is 0.00000288. The third-order valence-electron chi connectivity index (χ3n) is 4.21. The van der Waals surface area contributed by atoms with Gasteiger partial charge in [-0.15, -0.1) is 24.0 Å². The van der Waals surface area contributed by atoms with Gasteiger partial charge in [-0.2, -0.15) is 0 Å². The number of ether oxygens (including phenoxy) is 1. The maximum absolute atomic E-state index is 11.6. The summed E-state index contributed by atoms with van der Waals surface area (Å²) >= 11 is 0. The number of furan rings is 1. The van der Waals surface area contributed by atoms with Crippen LogP contribution in [0.25, 0.3) is 0 Å². The fraction of sp³-hybridized carbons (Fsp3) is 0.647. The molecule has 0 atom stereocenters. The molecule has 0 aliphatic carbocycles. The summed E-state index contributed by atoms with van der Waals surface area (Å²) in [5.41, 5.74) is 1.11. The van der Waals surface area contributed by atoms with E-state index in [4.69, 9.17) is 14.1 Å². The van der Waals surface area contributed by atoms with Crippen molar-refractivity contribution in [3.63, 3.8) is 0 Å². The second-order valence-electron chi connectivity index (χ2n) is 5.89. The quantitative estimate of drug-likeness (QED) is 0.332. The van der Waals surface area contributed by atoms with E-state index < -0.39 is 0 Å². The predicted molar refractivity (Wildman–Crippen MR) is 105 cm³/mol. The summed E-state index contributed by atoms with van der Waals surface area (Å²) in [7, 11) is 1.45. The van der Waals surface area contributed by atoms with Gasteiger partial charge in [-0.05, 0) is 39.7 Å². The zero-order chi connectivity index (χ0) is 16.8.